The zero-order valence-corrected chi connectivity index (χ0v) is 15.0. The average Bonchev–Trinajstić information content (AvgIpc) is 2.83. The Balaban J connectivity index is 1.85. The Labute approximate surface area is 144 Å². The minimum absolute atomic E-state index is 0.0971. The number of hydrogen-bond acceptors (Lipinski definition) is 3. The quantitative estimate of drug-likeness (QED) is 0.737. The minimum atomic E-state index is -1.17. The number of hydrogen-bond donors (Lipinski definition) is 3. The Hall–Kier alpha value is -1.06. The first-order chi connectivity index (χ1) is 11.3. The van der Waals surface area contributed by atoms with E-state index in [1.54, 1.807) is 12.1 Å². The van der Waals surface area contributed by atoms with E-state index < -0.39 is 11.7 Å². The molecule has 3 N–H and O–H groups in total. The zero-order valence-electron chi connectivity index (χ0n) is 15.0. The molecular formula is C21H30O3. The van der Waals surface area contributed by atoms with Gasteiger partial charge in [-0.15, -0.1) is 0 Å². The van der Waals surface area contributed by atoms with Gasteiger partial charge >= 0.3 is 0 Å². The topological polar surface area (TPSA) is 60.7 Å². The molecule has 0 amide bonds. The molecule has 0 aliphatic heterocycles. The summed E-state index contributed by atoms with van der Waals surface area (Å²) in [6.45, 7) is 6.81. The minimum Gasteiger partial charge on any atom is -0.508 e. The van der Waals surface area contributed by atoms with Gasteiger partial charge in [-0.2, -0.15) is 0 Å². The molecule has 7 atom stereocenters. The van der Waals surface area contributed by atoms with Crippen LogP contribution in [-0.2, 0) is 12.0 Å². The first-order valence-corrected chi connectivity index (χ1v) is 9.55. The SMILES string of the molecule is CC[C@H]1CC[C@H]2[C@@H]3[C@H](C)Cc4cc(O)ccc4[C@@]3(O)[C@@H](O)C[C@]12C. The van der Waals surface area contributed by atoms with E-state index in [0.717, 1.165) is 30.4 Å². The fourth-order valence-corrected chi connectivity index (χ4v) is 6.83. The molecule has 4 rings (SSSR count). The molecule has 0 spiro atoms. The Kier molecular flexibility index (Phi) is 3.57. The second-order valence-electron chi connectivity index (χ2n) is 8.89. The van der Waals surface area contributed by atoms with Crippen molar-refractivity contribution in [1.82, 2.24) is 0 Å². The van der Waals surface area contributed by atoms with Crippen molar-refractivity contribution in [1.29, 1.82) is 0 Å². The molecule has 3 heteroatoms. The van der Waals surface area contributed by atoms with Gasteiger partial charge in [0.2, 0.25) is 0 Å². The van der Waals surface area contributed by atoms with Gasteiger partial charge in [-0.25, -0.2) is 0 Å². The monoisotopic (exact) mass is 330 g/mol. The van der Waals surface area contributed by atoms with Crippen molar-refractivity contribution in [3.63, 3.8) is 0 Å². The van der Waals surface area contributed by atoms with Crippen LogP contribution in [0.5, 0.6) is 5.75 Å². The number of phenolic OH excluding ortho intramolecular Hbond substituents is 1. The smallest absolute Gasteiger partial charge is 0.119 e. The molecule has 1 aromatic carbocycles. The summed E-state index contributed by atoms with van der Waals surface area (Å²) in [5, 5.41) is 32.7. The Morgan fingerprint density at radius 1 is 1.25 bits per heavy atom. The second-order valence-corrected chi connectivity index (χ2v) is 8.89. The van der Waals surface area contributed by atoms with E-state index in [9.17, 15) is 15.3 Å². The predicted octanol–water partition coefficient (Wildman–Crippen LogP) is 3.60. The lowest BCUT2D eigenvalue weighted by atomic mass is 9.49. The maximum atomic E-state index is 11.8. The largest absolute Gasteiger partial charge is 0.508 e. The number of benzene rings is 1. The lowest BCUT2D eigenvalue weighted by molar-refractivity contribution is -0.215. The van der Waals surface area contributed by atoms with Gasteiger partial charge in [-0.1, -0.05) is 33.3 Å². The van der Waals surface area contributed by atoms with Crippen LogP contribution < -0.4 is 0 Å². The number of aliphatic hydroxyl groups excluding tert-OH is 1. The standard InChI is InChI=1S/C21H30O3/c1-4-14-5-7-17-19-12(2)9-13-10-15(22)6-8-16(13)21(19,24)18(23)11-20(14,17)3/h6,8,10,12,14,17-19,22-24H,4-5,7,9,11H2,1-3H3/t12-,14+,17+,18+,19+,20-,21-/m1/s1. The van der Waals surface area contributed by atoms with E-state index in [1.165, 1.54) is 6.42 Å². The molecule has 0 heterocycles. The molecule has 24 heavy (non-hydrogen) atoms. The molecule has 132 valence electrons. The van der Waals surface area contributed by atoms with Crippen LogP contribution in [0, 0.1) is 29.1 Å². The van der Waals surface area contributed by atoms with Crippen LogP contribution in [0.4, 0.5) is 0 Å². The van der Waals surface area contributed by atoms with E-state index in [1.807, 2.05) is 6.07 Å². The van der Waals surface area contributed by atoms with Gasteiger partial charge in [0.25, 0.3) is 0 Å². The fourth-order valence-electron chi connectivity index (χ4n) is 6.83. The number of aromatic hydroxyl groups is 1. The van der Waals surface area contributed by atoms with E-state index >= 15 is 0 Å². The predicted molar refractivity (Wildman–Crippen MR) is 93.6 cm³/mol. The van der Waals surface area contributed by atoms with Crippen LogP contribution in [0.15, 0.2) is 18.2 Å². The highest BCUT2D eigenvalue weighted by Crippen LogP contribution is 2.65. The number of phenols is 1. The van der Waals surface area contributed by atoms with Crippen molar-refractivity contribution >= 4 is 0 Å². The average molecular weight is 330 g/mol. The maximum Gasteiger partial charge on any atom is 0.119 e. The summed E-state index contributed by atoms with van der Waals surface area (Å²) in [4.78, 5) is 0. The zero-order chi connectivity index (χ0) is 17.3. The summed E-state index contributed by atoms with van der Waals surface area (Å²) in [5.74, 6) is 1.76. The first kappa shape index (κ1) is 16.4. The maximum absolute atomic E-state index is 11.8. The summed E-state index contributed by atoms with van der Waals surface area (Å²) in [5.41, 5.74) is 0.799. The van der Waals surface area contributed by atoms with Crippen molar-refractivity contribution in [2.75, 3.05) is 0 Å². The van der Waals surface area contributed by atoms with Gasteiger partial charge in [0.15, 0.2) is 0 Å². The third-order valence-electron chi connectivity index (χ3n) is 7.86. The Bertz CT molecular complexity index is 656. The Morgan fingerprint density at radius 2 is 2.00 bits per heavy atom. The van der Waals surface area contributed by atoms with Crippen molar-refractivity contribution in [3.05, 3.63) is 29.3 Å². The van der Waals surface area contributed by atoms with Crippen LogP contribution in [0.25, 0.3) is 0 Å². The third kappa shape index (κ3) is 1.91. The molecule has 3 aliphatic carbocycles. The molecule has 1 aromatic rings. The highest BCUT2D eigenvalue weighted by atomic mass is 16.3. The Morgan fingerprint density at radius 3 is 2.71 bits per heavy atom. The molecule has 3 aliphatic rings. The van der Waals surface area contributed by atoms with Gasteiger partial charge in [0.1, 0.15) is 11.4 Å². The van der Waals surface area contributed by atoms with Crippen molar-refractivity contribution < 1.29 is 15.3 Å². The normalized spacial score (nSPS) is 47.0. The van der Waals surface area contributed by atoms with Gasteiger partial charge in [0, 0.05) is 5.92 Å². The van der Waals surface area contributed by atoms with Crippen molar-refractivity contribution in [2.45, 2.75) is 64.6 Å². The van der Waals surface area contributed by atoms with Crippen LogP contribution in [0.1, 0.15) is 57.6 Å². The third-order valence-corrected chi connectivity index (χ3v) is 7.86. The van der Waals surface area contributed by atoms with Gasteiger partial charge < -0.3 is 15.3 Å². The molecule has 0 radical (unpaired) electrons. The van der Waals surface area contributed by atoms with Crippen LogP contribution in [0.3, 0.4) is 0 Å². The van der Waals surface area contributed by atoms with E-state index in [-0.39, 0.29) is 17.1 Å². The van der Waals surface area contributed by atoms with Gasteiger partial charge in [-0.05, 0) is 72.1 Å². The summed E-state index contributed by atoms with van der Waals surface area (Å²) < 4.78 is 0. The number of rotatable bonds is 1. The van der Waals surface area contributed by atoms with Crippen molar-refractivity contribution in [3.8, 4) is 5.75 Å². The number of fused-ring (bicyclic) bond motifs is 5. The highest BCUT2D eigenvalue weighted by molar-refractivity contribution is 5.43. The van der Waals surface area contributed by atoms with Gasteiger partial charge in [-0.3, -0.25) is 0 Å². The lowest BCUT2D eigenvalue weighted by Gasteiger charge is -2.59. The lowest BCUT2D eigenvalue weighted by Crippen LogP contribution is -2.61. The molecular weight excluding hydrogens is 300 g/mol. The number of aliphatic hydroxyl groups is 2. The van der Waals surface area contributed by atoms with Crippen LogP contribution in [-0.4, -0.2) is 21.4 Å². The molecule has 0 unspecified atom stereocenters. The highest BCUT2D eigenvalue weighted by Gasteiger charge is 2.64. The van der Waals surface area contributed by atoms with E-state index in [4.69, 9.17) is 0 Å². The summed E-state index contributed by atoms with van der Waals surface area (Å²) in [6, 6.07) is 5.25. The molecule has 0 aromatic heterocycles. The molecule has 2 fully saturated rings. The van der Waals surface area contributed by atoms with E-state index in [2.05, 4.69) is 20.8 Å². The van der Waals surface area contributed by atoms with Gasteiger partial charge in [0.05, 0.1) is 6.10 Å². The molecule has 0 bridgehead atoms. The summed E-state index contributed by atoms with van der Waals surface area (Å²) in [6.07, 6.45) is 4.34. The molecule has 0 saturated heterocycles. The summed E-state index contributed by atoms with van der Waals surface area (Å²) in [7, 11) is 0. The van der Waals surface area contributed by atoms with E-state index in [0.29, 0.717) is 24.2 Å². The summed E-state index contributed by atoms with van der Waals surface area (Å²) >= 11 is 0. The van der Waals surface area contributed by atoms with Crippen LogP contribution in [0.2, 0.25) is 0 Å². The molecule has 2 saturated carbocycles. The fraction of sp³-hybridized carbons (Fsp3) is 0.714. The van der Waals surface area contributed by atoms with Crippen LogP contribution >= 0.6 is 0 Å². The molecule has 3 nitrogen and oxygen atoms in total. The first-order valence-electron chi connectivity index (χ1n) is 9.55. The second kappa shape index (κ2) is 5.22. The van der Waals surface area contributed by atoms with Crippen molar-refractivity contribution in [2.24, 2.45) is 29.1 Å².